The molecule has 0 saturated carbocycles. The minimum absolute atomic E-state index is 0.174. The molecular weight excluding hydrogens is 508 g/mol. The number of fused-ring (bicyclic) bond motifs is 7. The Morgan fingerprint density at radius 3 is 2.90 bits per heavy atom. The van der Waals surface area contributed by atoms with E-state index in [0.29, 0.717) is 66.9 Å². The lowest BCUT2D eigenvalue weighted by Crippen LogP contribution is -2.37. The van der Waals surface area contributed by atoms with Gasteiger partial charge in [-0.2, -0.15) is 5.10 Å². The van der Waals surface area contributed by atoms with E-state index in [1.807, 2.05) is 67.9 Å². The Labute approximate surface area is 232 Å². The molecule has 4 heterocycles. The monoisotopic (exact) mass is 542 g/mol. The van der Waals surface area contributed by atoms with Crippen LogP contribution in [0.5, 0.6) is 5.88 Å². The number of aromatic nitrogens is 5. The number of aryl methyl sites for hydroxylation is 2. The van der Waals surface area contributed by atoms with Crippen LogP contribution in [-0.4, -0.2) is 74.3 Å². The van der Waals surface area contributed by atoms with Crippen molar-refractivity contribution in [2.75, 3.05) is 32.6 Å². The molecule has 4 aromatic rings. The van der Waals surface area contributed by atoms with Gasteiger partial charge in [-0.05, 0) is 58.1 Å². The lowest BCUT2D eigenvalue weighted by molar-refractivity contribution is -0.117. The number of carbonyl (C=O) groups excluding carboxylic acids is 2. The first-order chi connectivity index (χ1) is 19.3. The summed E-state index contributed by atoms with van der Waals surface area (Å²) < 4.78 is 9.79. The maximum absolute atomic E-state index is 13.5. The number of hydrogen-bond donors (Lipinski definition) is 2. The van der Waals surface area contributed by atoms with Crippen LogP contribution in [0.3, 0.4) is 0 Å². The molecule has 0 radical (unpaired) electrons. The number of likely N-dealkylation sites (N-methyl/N-ethyl adjacent to an activating group) is 1. The van der Waals surface area contributed by atoms with Gasteiger partial charge in [0.1, 0.15) is 0 Å². The highest BCUT2D eigenvalue weighted by Crippen LogP contribution is 2.30. The van der Waals surface area contributed by atoms with Crippen molar-refractivity contribution in [2.45, 2.75) is 32.4 Å². The van der Waals surface area contributed by atoms with Crippen LogP contribution in [0.2, 0.25) is 0 Å². The average Bonchev–Trinajstić information content (AvgIpc) is 3.45. The van der Waals surface area contributed by atoms with Gasteiger partial charge in [0.05, 0.1) is 35.1 Å². The van der Waals surface area contributed by atoms with E-state index in [1.54, 1.807) is 29.1 Å². The van der Waals surface area contributed by atoms with Gasteiger partial charge in [-0.25, -0.2) is 9.67 Å². The van der Waals surface area contributed by atoms with Gasteiger partial charge in [-0.3, -0.25) is 19.9 Å². The first-order valence-corrected chi connectivity index (χ1v) is 13.3. The molecule has 11 nitrogen and oxygen atoms in total. The second kappa shape index (κ2) is 11.7. The van der Waals surface area contributed by atoms with Gasteiger partial charge in [0.2, 0.25) is 17.7 Å². The number of amides is 2. The molecule has 1 aliphatic heterocycles. The molecule has 1 aromatic carbocycles. The number of hydrogen-bond acceptors (Lipinski definition) is 7. The zero-order chi connectivity index (χ0) is 28.2. The number of rotatable bonds is 4. The molecule has 3 aromatic heterocycles. The van der Waals surface area contributed by atoms with E-state index in [9.17, 15) is 9.59 Å². The van der Waals surface area contributed by atoms with E-state index >= 15 is 0 Å². The van der Waals surface area contributed by atoms with E-state index in [0.717, 1.165) is 11.0 Å². The van der Waals surface area contributed by atoms with Crippen molar-refractivity contribution in [1.82, 2.24) is 34.5 Å². The number of para-hydroxylation sites is 2. The molecule has 0 unspecified atom stereocenters. The highest BCUT2D eigenvalue weighted by molar-refractivity contribution is 6.04. The predicted octanol–water partition coefficient (Wildman–Crippen LogP) is 3.17. The Morgan fingerprint density at radius 1 is 1.25 bits per heavy atom. The molecule has 0 fully saturated rings. The van der Waals surface area contributed by atoms with Crippen LogP contribution in [0, 0.1) is 6.92 Å². The van der Waals surface area contributed by atoms with E-state index < -0.39 is 0 Å². The Bertz CT molecular complexity index is 1570. The highest BCUT2D eigenvalue weighted by Gasteiger charge is 2.22. The van der Waals surface area contributed by atoms with Gasteiger partial charge in [0.25, 0.3) is 5.91 Å². The van der Waals surface area contributed by atoms with Gasteiger partial charge in [-0.15, -0.1) is 0 Å². The number of carbonyl (C=O) groups is 2. The fourth-order valence-corrected chi connectivity index (χ4v) is 4.79. The summed E-state index contributed by atoms with van der Waals surface area (Å²) >= 11 is 0. The molecule has 208 valence electrons. The smallest absolute Gasteiger partial charge is 0.258 e. The van der Waals surface area contributed by atoms with Crippen LogP contribution in [0.1, 0.15) is 28.9 Å². The summed E-state index contributed by atoms with van der Waals surface area (Å²) in [5.74, 6) is 0.507. The number of anilines is 1. The van der Waals surface area contributed by atoms with Crippen LogP contribution in [0.25, 0.3) is 22.3 Å². The quantitative estimate of drug-likeness (QED) is 0.380. The topological polar surface area (TPSA) is 119 Å². The maximum atomic E-state index is 13.5. The fourth-order valence-electron chi connectivity index (χ4n) is 4.79. The Hall–Kier alpha value is -4.51. The van der Waals surface area contributed by atoms with Crippen LogP contribution in [-0.2, 0) is 18.4 Å². The maximum Gasteiger partial charge on any atom is 0.258 e. The van der Waals surface area contributed by atoms with Crippen LogP contribution < -0.4 is 15.4 Å². The lowest BCUT2D eigenvalue weighted by atomic mass is 10.1. The second-order valence-corrected chi connectivity index (χ2v) is 10.2. The summed E-state index contributed by atoms with van der Waals surface area (Å²) in [5, 5.41) is 10.5. The molecule has 2 amide bonds. The van der Waals surface area contributed by atoms with Crippen molar-refractivity contribution in [3.8, 4) is 17.1 Å². The first-order valence-electron chi connectivity index (χ1n) is 13.3. The third-order valence-electron chi connectivity index (χ3n) is 6.68. The summed E-state index contributed by atoms with van der Waals surface area (Å²) in [6.07, 6.45) is 6.41. The number of benzene rings is 1. The molecule has 1 aliphatic rings. The van der Waals surface area contributed by atoms with Gasteiger partial charge < -0.3 is 19.5 Å². The summed E-state index contributed by atoms with van der Waals surface area (Å²) in [5.41, 5.74) is 4.07. The SMILES string of the molecule is Cc1cc2cc(n1)-c1cnn(C)c1OCCC[C@@H](NC(=O)/C=C/CN(C)C)Cn1c(nc3ccccc31)NC2=O. The first kappa shape index (κ1) is 27.1. The molecular formula is C29H34N8O3. The molecule has 5 rings (SSSR count). The molecule has 1 atom stereocenters. The minimum Gasteiger partial charge on any atom is -0.477 e. The minimum atomic E-state index is -0.309. The van der Waals surface area contributed by atoms with E-state index in [4.69, 9.17) is 9.72 Å². The van der Waals surface area contributed by atoms with Crippen LogP contribution >= 0.6 is 0 Å². The van der Waals surface area contributed by atoms with Crippen LogP contribution in [0.4, 0.5) is 5.95 Å². The van der Waals surface area contributed by atoms with Crippen molar-refractivity contribution < 1.29 is 14.3 Å². The van der Waals surface area contributed by atoms with Gasteiger partial charge >= 0.3 is 0 Å². The normalized spacial score (nSPS) is 16.1. The van der Waals surface area contributed by atoms with Crippen molar-refractivity contribution >= 4 is 28.8 Å². The number of ether oxygens (including phenoxy) is 1. The number of imidazole rings is 1. The van der Waals surface area contributed by atoms with Gasteiger partial charge in [0.15, 0.2) is 0 Å². The zero-order valence-electron chi connectivity index (χ0n) is 23.2. The molecule has 40 heavy (non-hydrogen) atoms. The Kier molecular flexibility index (Phi) is 7.92. The van der Waals surface area contributed by atoms with Crippen molar-refractivity contribution in [3.05, 3.63) is 66.0 Å². The second-order valence-electron chi connectivity index (χ2n) is 10.2. The van der Waals surface area contributed by atoms with E-state index in [2.05, 4.69) is 20.7 Å². The Morgan fingerprint density at radius 2 is 2.08 bits per heavy atom. The molecule has 0 saturated heterocycles. The number of nitrogens with one attached hydrogen (secondary N) is 2. The van der Waals surface area contributed by atoms with Crippen LogP contribution in [0.15, 0.2) is 54.7 Å². The summed E-state index contributed by atoms with van der Waals surface area (Å²) in [6.45, 7) is 3.35. The summed E-state index contributed by atoms with van der Waals surface area (Å²) in [4.78, 5) is 37.7. The average molecular weight is 543 g/mol. The van der Waals surface area contributed by atoms with Gasteiger partial charge in [-0.1, -0.05) is 18.2 Å². The largest absolute Gasteiger partial charge is 0.477 e. The summed E-state index contributed by atoms with van der Waals surface area (Å²) in [6, 6.07) is 10.9. The third-order valence-corrected chi connectivity index (χ3v) is 6.68. The Balaban J connectivity index is 1.53. The standard InChI is InChI=1S/C29H34N8O3/c1-19-15-20-16-24(31-19)22-17-30-36(4)28(22)40-14-8-9-21(32-26(38)12-7-13-35(2)3)18-37-25-11-6-5-10-23(25)33-29(37)34-27(20)39/h5-7,10-12,15-17,21H,8-9,13-14,18H2,1-4H3,(H,32,38)(H,33,34,39)/b12-7+/t21-/m1/s1. The predicted molar refractivity (Wildman–Crippen MR) is 153 cm³/mol. The van der Waals surface area contributed by atoms with Gasteiger partial charge in [0, 0.05) is 43.5 Å². The molecule has 0 aliphatic carbocycles. The van der Waals surface area contributed by atoms with Crippen molar-refractivity contribution in [2.24, 2.45) is 7.05 Å². The summed E-state index contributed by atoms with van der Waals surface area (Å²) in [7, 11) is 5.70. The van der Waals surface area contributed by atoms with E-state index in [1.165, 1.54) is 0 Å². The molecule has 2 N–H and O–H groups in total. The van der Waals surface area contributed by atoms with E-state index in [-0.39, 0.29) is 17.9 Å². The fraction of sp³-hybridized carbons (Fsp3) is 0.345. The molecule has 0 spiro atoms. The molecule has 2 bridgehead atoms. The number of nitrogens with zero attached hydrogens (tertiary/aromatic N) is 6. The zero-order valence-corrected chi connectivity index (χ0v) is 23.2. The van der Waals surface area contributed by atoms with Crippen molar-refractivity contribution in [1.29, 1.82) is 0 Å². The lowest BCUT2D eigenvalue weighted by Gasteiger charge is -2.21. The number of pyridine rings is 1. The van der Waals surface area contributed by atoms with Crippen molar-refractivity contribution in [3.63, 3.8) is 0 Å². The third kappa shape index (κ3) is 6.04. The molecule has 11 heteroatoms. The highest BCUT2D eigenvalue weighted by atomic mass is 16.5.